The van der Waals surface area contributed by atoms with Crippen LogP contribution in [0.25, 0.3) is 6.08 Å². The molecule has 2 aromatic rings. The van der Waals surface area contributed by atoms with Crippen LogP contribution in [0.15, 0.2) is 53.4 Å². The summed E-state index contributed by atoms with van der Waals surface area (Å²) >= 11 is 12.6. The molecule has 162 valence electrons. The minimum Gasteiger partial charge on any atom is -0.489 e. The zero-order valence-corrected chi connectivity index (χ0v) is 19.3. The van der Waals surface area contributed by atoms with Gasteiger partial charge in [-0.2, -0.15) is 0 Å². The number of rotatable bonds is 9. The van der Waals surface area contributed by atoms with Crippen molar-refractivity contribution >= 4 is 57.9 Å². The quantitative estimate of drug-likeness (QED) is 0.367. The van der Waals surface area contributed by atoms with Crippen molar-refractivity contribution in [2.24, 2.45) is 0 Å². The fourth-order valence-corrected chi connectivity index (χ4v) is 4.64. The molecule has 0 bridgehead atoms. The van der Waals surface area contributed by atoms with Gasteiger partial charge in [-0.15, -0.1) is 0 Å². The van der Waals surface area contributed by atoms with Gasteiger partial charge in [-0.3, -0.25) is 9.69 Å². The third-order valence-corrected chi connectivity index (χ3v) is 6.48. The van der Waals surface area contributed by atoms with Gasteiger partial charge in [0.1, 0.15) is 22.7 Å². The van der Waals surface area contributed by atoms with Crippen LogP contribution < -0.4 is 4.74 Å². The number of amides is 1. The van der Waals surface area contributed by atoms with E-state index < -0.39 is 12.0 Å². The Morgan fingerprint density at radius 2 is 1.97 bits per heavy atom. The van der Waals surface area contributed by atoms with Crippen LogP contribution in [0, 0.1) is 0 Å². The van der Waals surface area contributed by atoms with Gasteiger partial charge in [0.05, 0.1) is 4.91 Å². The second kappa shape index (κ2) is 10.8. The average Bonchev–Trinajstić information content (AvgIpc) is 3.02. The number of benzene rings is 2. The van der Waals surface area contributed by atoms with E-state index in [2.05, 4.69) is 0 Å². The fraction of sp³-hybridized carbons (Fsp3) is 0.261. The Labute approximate surface area is 196 Å². The van der Waals surface area contributed by atoms with Crippen molar-refractivity contribution in [1.29, 1.82) is 0 Å². The van der Waals surface area contributed by atoms with Gasteiger partial charge >= 0.3 is 5.97 Å². The number of ether oxygens (including phenoxy) is 1. The molecule has 0 aliphatic carbocycles. The van der Waals surface area contributed by atoms with Crippen LogP contribution in [-0.2, 0) is 16.2 Å². The third-order valence-electron chi connectivity index (χ3n) is 4.78. The van der Waals surface area contributed by atoms with Crippen LogP contribution >= 0.6 is 35.6 Å². The van der Waals surface area contributed by atoms with Crippen molar-refractivity contribution in [2.45, 2.75) is 38.8 Å². The Bertz CT molecular complexity index is 1010. The first kappa shape index (κ1) is 23.3. The average molecular weight is 476 g/mol. The summed E-state index contributed by atoms with van der Waals surface area (Å²) in [5.74, 6) is -0.723. The van der Waals surface area contributed by atoms with Gasteiger partial charge in [0.15, 0.2) is 0 Å². The summed E-state index contributed by atoms with van der Waals surface area (Å²) in [6, 6.07) is 13.8. The third kappa shape index (κ3) is 5.87. The Kier molecular flexibility index (Phi) is 8.12. The number of hydrogen-bond donors (Lipinski definition) is 1. The van der Waals surface area contributed by atoms with Gasteiger partial charge in [-0.25, -0.2) is 4.79 Å². The number of unbranched alkanes of at least 4 members (excludes halogenated alkanes) is 1. The lowest BCUT2D eigenvalue weighted by Gasteiger charge is -2.22. The molecule has 0 radical (unpaired) electrons. The largest absolute Gasteiger partial charge is 0.489 e. The van der Waals surface area contributed by atoms with E-state index >= 15 is 0 Å². The van der Waals surface area contributed by atoms with E-state index in [0.29, 0.717) is 35.1 Å². The SMILES string of the molecule is CCCCC(C(=O)O)N1C(=O)/C(=C/c2ccc(OCc3ccccc3Cl)cc2)SC1=S. The molecular formula is C23H22ClNO4S2. The van der Waals surface area contributed by atoms with E-state index in [1.165, 1.54) is 4.90 Å². The van der Waals surface area contributed by atoms with E-state index in [4.69, 9.17) is 28.6 Å². The lowest BCUT2D eigenvalue weighted by molar-refractivity contribution is -0.145. The summed E-state index contributed by atoms with van der Waals surface area (Å²) in [5, 5.41) is 10.2. The molecule has 2 aromatic carbocycles. The van der Waals surface area contributed by atoms with Gasteiger partial charge in [0.25, 0.3) is 5.91 Å². The lowest BCUT2D eigenvalue weighted by atomic mass is 10.1. The number of halogens is 1. The number of aliphatic carboxylic acids is 1. The molecule has 1 unspecified atom stereocenters. The molecule has 0 saturated carbocycles. The second-order valence-electron chi connectivity index (χ2n) is 7.00. The van der Waals surface area contributed by atoms with Crippen LogP contribution in [-0.4, -0.2) is 32.2 Å². The number of carbonyl (C=O) groups is 2. The summed E-state index contributed by atoms with van der Waals surface area (Å²) in [5.41, 5.74) is 1.69. The predicted molar refractivity (Wildman–Crippen MR) is 128 cm³/mol. The van der Waals surface area contributed by atoms with E-state index in [0.717, 1.165) is 29.3 Å². The van der Waals surface area contributed by atoms with Crippen molar-refractivity contribution < 1.29 is 19.4 Å². The minimum atomic E-state index is -1.04. The van der Waals surface area contributed by atoms with E-state index in [-0.39, 0.29) is 10.2 Å². The maximum absolute atomic E-state index is 12.8. The number of hydrogen-bond acceptors (Lipinski definition) is 5. The van der Waals surface area contributed by atoms with Crippen LogP contribution in [0.2, 0.25) is 5.02 Å². The molecular weight excluding hydrogens is 454 g/mol. The molecule has 8 heteroatoms. The molecule has 3 rings (SSSR count). The smallest absolute Gasteiger partial charge is 0.326 e. The molecule has 1 fully saturated rings. The molecule has 1 saturated heterocycles. The molecule has 1 N–H and O–H groups in total. The first-order chi connectivity index (χ1) is 14.9. The summed E-state index contributed by atoms with van der Waals surface area (Å²) < 4.78 is 6.05. The summed E-state index contributed by atoms with van der Waals surface area (Å²) in [7, 11) is 0. The van der Waals surface area contributed by atoms with Gasteiger partial charge in [0.2, 0.25) is 0 Å². The van der Waals surface area contributed by atoms with Gasteiger partial charge in [-0.1, -0.05) is 85.7 Å². The maximum Gasteiger partial charge on any atom is 0.326 e. The molecule has 1 heterocycles. The Balaban J connectivity index is 1.69. The Hall–Kier alpha value is -2.35. The number of thioether (sulfide) groups is 1. The van der Waals surface area contributed by atoms with Crippen molar-refractivity contribution in [3.63, 3.8) is 0 Å². The first-order valence-corrected chi connectivity index (χ1v) is 11.5. The standard InChI is InChI=1S/C23H22ClNO4S2/c1-2-3-8-19(22(27)28)25-21(26)20(31-23(25)30)13-15-9-11-17(12-10-15)29-14-16-6-4-5-7-18(16)24/h4-7,9-13,19H,2-3,8,14H2,1H3,(H,27,28)/b20-13-. The zero-order chi connectivity index (χ0) is 22.4. The van der Waals surface area contributed by atoms with Crippen LogP contribution in [0.4, 0.5) is 0 Å². The predicted octanol–water partition coefficient (Wildman–Crippen LogP) is 5.76. The van der Waals surface area contributed by atoms with E-state index in [1.54, 1.807) is 6.08 Å². The van der Waals surface area contributed by atoms with Gasteiger partial charge < -0.3 is 9.84 Å². The number of nitrogens with zero attached hydrogens (tertiary/aromatic N) is 1. The molecule has 1 aliphatic heterocycles. The number of carboxylic acids is 1. The molecule has 1 atom stereocenters. The van der Waals surface area contributed by atoms with Crippen molar-refractivity contribution in [2.75, 3.05) is 0 Å². The lowest BCUT2D eigenvalue weighted by Crippen LogP contribution is -2.43. The highest BCUT2D eigenvalue weighted by atomic mass is 35.5. The van der Waals surface area contributed by atoms with Crippen molar-refractivity contribution in [3.8, 4) is 5.75 Å². The fourth-order valence-electron chi connectivity index (χ4n) is 3.10. The molecule has 0 aromatic heterocycles. The van der Waals surface area contributed by atoms with Crippen LogP contribution in [0.5, 0.6) is 5.75 Å². The highest BCUT2D eigenvalue weighted by Crippen LogP contribution is 2.35. The molecule has 0 spiro atoms. The molecule has 5 nitrogen and oxygen atoms in total. The normalized spacial score (nSPS) is 16.1. The van der Waals surface area contributed by atoms with E-state index in [9.17, 15) is 14.7 Å². The highest BCUT2D eigenvalue weighted by molar-refractivity contribution is 8.26. The number of carboxylic acid groups (broad SMARTS) is 1. The summed E-state index contributed by atoms with van der Waals surface area (Å²) in [4.78, 5) is 26.1. The number of thiocarbonyl (C=S) groups is 1. The van der Waals surface area contributed by atoms with Crippen LogP contribution in [0.1, 0.15) is 37.3 Å². The molecule has 31 heavy (non-hydrogen) atoms. The zero-order valence-electron chi connectivity index (χ0n) is 16.9. The van der Waals surface area contributed by atoms with Gasteiger partial charge in [0, 0.05) is 10.6 Å². The maximum atomic E-state index is 12.8. The number of carbonyl (C=O) groups excluding carboxylic acids is 1. The van der Waals surface area contributed by atoms with Crippen LogP contribution in [0.3, 0.4) is 0 Å². The first-order valence-electron chi connectivity index (χ1n) is 9.87. The Morgan fingerprint density at radius 1 is 1.26 bits per heavy atom. The van der Waals surface area contributed by atoms with Crippen molar-refractivity contribution in [1.82, 2.24) is 4.90 Å². The monoisotopic (exact) mass is 475 g/mol. The Morgan fingerprint density at radius 3 is 2.61 bits per heavy atom. The topological polar surface area (TPSA) is 66.8 Å². The van der Waals surface area contributed by atoms with Crippen molar-refractivity contribution in [3.05, 3.63) is 69.6 Å². The highest BCUT2D eigenvalue weighted by Gasteiger charge is 2.40. The minimum absolute atomic E-state index is 0.277. The molecule has 1 aliphatic rings. The van der Waals surface area contributed by atoms with Gasteiger partial charge in [-0.05, 0) is 36.3 Å². The second-order valence-corrected chi connectivity index (χ2v) is 9.08. The molecule has 1 amide bonds. The summed E-state index contributed by atoms with van der Waals surface area (Å²) in [6.07, 6.45) is 3.65. The van der Waals surface area contributed by atoms with E-state index in [1.807, 2.05) is 55.5 Å². The summed E-state index contributed by atoms with van der Waals surface area (Å²) in [6.45, 7) is 2.33.